The highest BCUT2D eigenvalue weighted by atomic mass is 16.5. The number of nitrogens with one attached hydrogen (secondary N) is 2. The van der Waals surface area contributed by atoms with E-state index in [4.69, 9.17) is 9.84 Å². The van der Waals surface area contributed by atoms with Crippen LogP contribution in [0, 0.1) is 5.92 Å². The Morgan fingerprint density at radius 1 is 0.971 bits per heavy atom. The molecule has 8 heteroatoms. The van der Waals surface area contributed by atoms with Crippen LogP contribution >= 0.6 is 0 Å². The molecule has 0 atom stereocenters. The van der Waals surface area contributed by atoms with Crippen molar-refractivity contribution in [3.8, 4) is 11.1 Å². The lowest BCUT2D eigenvalue weighted by Gasteiger charge is -2.32. The fraction of sp³-hybridized carbons (Fsp3) is 0.259. The number of benzene rings is 2. The van der Waals surface area contributed by atoms with Crippen LogP contribution in [0.5, 0.6) is 0 Å². The van der Waals surface area contributed by atoms with Crippen molar-refractivity contribution in [1.29, 1.82) is 0 Å². The molecule has 5 rings (SSSR count). The van der Waals surface area contributed by atoms with Crippen LogP contribution in [0.25, 0.3) is 11.1 Å². The number of hydrogen-bond donors (Lipinski definition) is 3. The minimum Gasteiger partial charge on any atom is -0.481 e. The number of carbonyl (C=O) groups excluding carboxylic acids is 2. The Balaban J connectivity index is 1.14. The molecule has 0 unspecified atom stereocenters. The van der Waals surface area contributed by atoms with E-state index in [9.17, 15) is 14.4 Å². The average Bonchev–Trinajstić information content (AvgIpc) is 3.17. The van der Waals surface area contributed by atoms with Gasteiger partial charge in [0.25, 0.3) is 5.91 Å². The van der Waals surface area contributed by atoms with Gasteiger partial charge in [0.2, 0.25) is 0 Å². The van der Waals surface area contributed by atoms with Gasteiger partial charge < -0.3 is 20.5 Å². The van der Waals surface area contributed by atoms with Gasteiger partial charge in [-0.2, -0.15) is 0 Å². The van der Waals surface area contributed by atoms with Gasteiger partial charge in [-0.1, -0.05) is 48.5 Å². The lowest BCUT2D eigenvalue weighted by Crippen LogP contribution is -2.46. The van der Waals surface area contributed by atoms with Crippen molar-refractivity contribution >= 4 is 18.0 Å². The number of carbonyl (C=O) groups is 3. The van der Waals surface area contributed by atoms with Gasteiger partial charge in [-0.05, 0) is 47.2 Å². The molecule has 0 radical (unpaired) electrons. The van der Waals surface area contributed by atoms with Crippen molar-refractivity contribution in [3.63, 3.8) is 0 Å². The number of alkyl carbamates (subject to hydrolysis) is 1. The van der Waals surface area contributed by atoms with Crippen LogP contribution in [0.15, 0.2) is 66.9 Å². The summed E-state index contributed by atoms with van der Waals surface area (Å²) < 4.78 is 5.54. The van der Waals surface area contributed by atoms with Gasteiger partial charge in [-0.15, -0.1) is 0 Å². The molecule has 2 aliphatic rings. The normalized spacial score (nSPS) is 18.1. The van der Waals surface area contributed by atoms with E-state index >= 15 is 0 Å². The second kappa shape index (κ2) is 9.58. The Morgan fingerprint density at radius 3 is 2.29 bits per heavy atom. The van der Waals surface area contributed by atoms with Crippen LogP contribution in [0.1, 0.15) is 45.9 Å². The molecule has 2 amide bonds. The Morgan fingerprint density at radius 2 is 1.63 bits per heavy atom. The van der Waals surface area contributed by atoms with Gasteiger partial charge in [0.1, 0.15) is 6.61 Å². The number of carboxylic acids is 1. The zero-order valence-electron chi connectivity index (χ0n) is 18.9. The molecule has 8 nitrogen and oxygen atoms in total. The Bertz CT molecular complexity index is 1240. The first kappa shape index (κ1) is 22.6. The van der Waals surface area contributed by atoms with Crippen molar-refractivity contribution < 1.29 is 24.2 Å². The van der Waals surface area contributed by atoms with Crippen molar-refractivity contribution in [2.45, 2.75) is 31.3 Å². The van der Waals surface area contributed by atoms with Crippen molar-refractivity contribution in [2.75, 3.05) is 6.61 Å². The number of fused-ring (bicyclic) bond motifs is 3. The van der Waals surface area contributed by atoms with Crippen LogP contribution in [0.2, 0.25) is 0 Å². The number of aliphatic carboxylic acids is 1. The van der Waals surface area contributed by atoms with Crippen molar-refractivity contribution in [3.05, 3.63) is 89.2 Å². The van der Waals surface area contributed by atoms with Crippen LogP contribution in [-0.4, -0.2) is 40.7 Å². The molecular formula is C27H25N3O5. The fourth-order valence-corrected chi connectivity index (χ4v) is 4.73. The molecule has 178 valence electrons. The van der Waals surface area contributed by atoms with E-state index in [1.54, 1.807) is 12.1 Å². The summed E-state index contributed by atoms with van der Waals surface area (Å²) in [5.74, 6) is -1.54. The molecule has 0 aliphatic heterocycles. The molecular weight excluding hydrogens is 446 g/mol. The van der Waals surface area contributed by atoms with E-state index in [0.29, 0.717) is 24.1 Å². The monoisotopic (exact) mass is 471 g/mol. The quantitative estimate of drug-likeness (QED) is 0.484. The summed E-state index contributed by atoms with van der Waals surface area (Å²) in [6, 6.07) is 19.3. The number of pyridine rings is 1. The standard InChI is InChI=1S/C27H25N3O5/c31-25(30-18-12-17(13-18)26(32)33)16-9-10-28-19(11-16)14-29-27(34)35-15-24-22-7-3-1-5-20(22)21-6-2-4-8-23(21)24/h1-11,17-18,24H,12-15H2,(H,29,34)(H,30,31)(H,32,33). The van der Waals surface area contributed by atoms with Crippen LogP contribution in [-0.2, 0) is 16.1 Å². The van der Waals surface area contributed by atoms with Gasteiger partial charge in [0.05, 0.1) is 18.2 Å². The Kier molecular flexibility index (Phi) is 6.18. The third-order valence-corrected chi connectivity index (χ3v) is 6.66. The molecule has 3 N–H and O–H groups in total. The van der Waals surface area contributed by atoms with E-state index in [0.717, 1.165) is 22.3 Å². The summed E-state index contributed by atoms with van der Waals surface area (Å²) in [6.07, 6.45) is 1.81. The second-order valence-electron chi connectivity index (χ2n) is 8.89. The summed E-state index contributed by atoms with van der Waals surface area (Å²) >= 11 is 0. The number of aromatic nitrogens is 1. The minimum atomic E-state index is -0.832. The van der Waals surface area contributed by atoms with Gasteiger partial charge in [-0.3, -0.25) is 14.6 Å². The molecule has 0 saturated heterocycles. The zero-order valence-corrected chi connectivity index (χ0v) is 18.9. The predicted octanol–water partition coefficient (Wildman–Crippen LogP) is 3.71. The third kappa shape index (κ3) is 4.73. The third-order valence-electron chi connectivity index (χ3n) is 6.66. The van der Waals surface area contributed by atoms with Gasteiger partial charge in [0.15, 0.2) is 0 Å². The maximum Gasteiger partial charge on any atom is 0.407 e. The minimum absolute atomic E-state index is 0.0227. The van der Waals surface area contributed by atoms with E-state index in [1.807, 2.05) is 24.3 Å². The summed E-state index contributed by atoms with van der Waals surface area (Å²) in [7, 11) is 0. The van der Waals surface area contributed by atoms with Gasteiger partial charge in [0, 0.05) is 23.7 Å². The number of amides is 2. The molecule has 1 heterocycles. The molecule has 0 spiro atoms. The summed E-state index contributed by atoms with van der Waals surface area (Å²) in [6.45, 7) is 0.330. The van der Waals surface area contributed by atoms with Crippen molar-refractivity contribution in [2.24, 2.45) is 5.92 Å². The predicted molar refractivity (Wildman–Crippen MR) is 128 cm³/mol. The molecule has 1 fully saturated rings. The number of hydrogen-bond acceptors (Lipinski definition) is 5. The zero-order chi connectivity index (χ0) is 24.4. The molecule has 3 aromatic rings. The number of rotatable bonds is 7. The summed E-state index contributed by atoms with van der Waals surface area (Å²) in [5.41, 5.74) is 5.53. The molecule has 1 saturated carbocycles. The maximum absolute atomic E-state index is 12.5. The van der Waals surface area contributed by atoms with Crippen LogP contribution in [0.3, 0.4) is 0 Å². The Labute approximate surface area is 202 Å². The molecule has 0 bridgehead atoms. The lowest BCUT2D eigenvalue weighted by molar-refractivity contribution is -0.145. The highest BCUT2D eigenvalue weighted by Gasteiger charge is 2.35. The summed E-state index contributed by atoms with van der Waals surface area (Å²) in [4.78, 5) is 40.0. The van der Waals surface area contributed by atoms with Crippen molar-refractivity contribution in [1.82, 2.24) is 15.6 Å². The SMILES string of the molecule is O=C(NCc1cc(C(=O)NC2CC(C(=O)O)C2)ccn1)OCC1c2ccccc2-c2ccccc21. The molecule has 35 heavy (non-hydrogen) atoms. The largest absolute Gasteiger partial charge is 0.481 e. The van der Waals surface area contributed by atoms with Crippen LogP contribution < -0.4 is 10.6 Å². The average molecular weight is 472 g/mol. The first-order chi connectivity index (χ1) is 17.0. The lowest BCUT2D eigenvalue weighted by atomic mass is 9.80. The number of carboxylic acid groups (broad SMARTS) is 1. The highest BCUT2D eigenvalue weighted by Crippen LogP contribution is 2.44. The first-order valence-electron chi connectivity index (χ1n) is 11.6. The van der Waals surface area contributed by atoms with Crippen LogP contribution in [0.4, 0.5) is 4.79 Å². The topological polar surface area (TPSA) is 118 Å². The number of ether oxygens (including phenoxy) is 1. The van der Waals surface area contributed by atoms with E-state index in [-0.39, 0.29) is 31.0 Å². The smallest absolute Gasteiger partial charge is 0.407 e. The number of nitrogens with zero attached hydrogens (tertiary/aromatic N) is 1. The highest BCUT2D eigenvalue weighted by molar-refractivity contribution is 5.94. The summed E-state index contributed by atoms with van der Waals surface area (Å²) in [5, 5.41) is 14.5. The Hall–Kier alpha value is -4.20. The second-order valence-corrected chi connectivity index (χ2v) is 8.89. The molecule has 2 aliphatic carbocycles. The van der Waals surface area contributed by atoms with E-state index in [2.05, 4.69) is 39.9 Å². The van der Waals surface area contributed by atoms with E-state index in [1.165, 1.54) is 6.20 Å². The van der Waals surface area contributed by atoms with Gasteiger partial charge >= 0.3 is 12.1 Å². The molecule has 2 aromatic carbocycles. The maximum atomic E-state index is 12.5. The fourth-order valence-electron chi connectivity index (χ4n) is 4.73. The van der Waals surface area contributed by atoms with Gasteiger partial charge in [-0.25, -0.2) is 4.79 Å². The molecule has 1 aromatic heterocycles. The van der Waals surface area contributed by atoms with E-state index < -0.39 is 18.0 Å². The first-order valence-corrected chi connectivity index (χ1v) is 11.6.